The van der Waals surface area contributed by atoms with Crippen LogP contribution in [-0.4, -0.2) is 51.1 Å². The lowest BCUT2D eigenvalue weighted by Gasteiger charge is -2.36. The highest BCUT2D eigenvalue weighted by Crippen LogP contribution is 2.30. The van der Waals surface area contributed by atoms with Gasteiger partial charge in [-0.05, 0) is 24.5 Å². The van der Waals surface area contributed by atoms with Gasteiger partial charge in [-0.15, -0.1) is 0 Å². The van der Waals surface area contributed by atoms with E-state index in [-0.39, 0.29) is 5.92 Å². The molecule has 2 rings (SSSR count). The Hall–Kier alpha value is -1.11. The first-order valence-electron chi connectivity index (χ1n) is 6.78. The molecule has 0 spiro atoms. The SMILES string of the molecule is CC1CCN(c2ccccc2S(=O)(=O)N(C)C)CC1O. The Morgan fingerprint density at radius 2 is 1.95 bits per heavy atom. The topological polar surface area (TPSA) is 60.9 Å². The normalized spacial score (nSPS) is 24.1. The van der Waals surface area contributed by atoms with Crippen LogP contribution in [0.3, 0.4) is 0 Å². The number of para-hydroxylation sites is 1. The molecule has 1 aromatic rings. The first-order valence-corrected chi connectivity index (χ1v) is 8.22. The lowest BCUT2D eigenvalue weighted by Crippen LogP contribution is -2.43. The Bertz CT molecular complexity index is 572. The average Bonchev–Trinajstić information content (AvgIpc) is 2.41. The van der Waals surface area contributed by atoms with Crippen molar-refractivity contribution in [2.45, 2.75) is 24.3 Å². The number of hydrogen-bond donors (Lipinski definition) is 1. The van der Waals surface area contributed by atoms with Gasteiger partial charge in [0.15, 0.2) is 0 Å². The van der Waals surface area contributed by atoms with Gasteiger partial charge >= 0.3 is 0 Å². The van der Waals surface area contributed by atoms with E-state index in [1.54, 1.807) is 18.2 Å². The average molecular weight is 298 g/mol. The highest BCUT2D eigenvalue weighted by Gasteiger charge is 2.29. The molecule has 1 aromatic carbocycles. The molecule has 0 aromatic heterocycles. The molecular weight excluding hydrogens is 276 g/mol. The van der Waals surface area contributed by atoms with E-state index in [0.717, 1.165) is 13.0 Å². The van der Waals surface area contributed by atoms with E-state index in [1.165, 1.54) is 18.4 Å². The van der Waals surface area contributed by atoms with Crippen molar-refractivity contribution in [1.82, 2.24) is 4.31 Å². The molecule has 2 atom stereocenters. The van der Waals surface area contributed by atoms with Crippen molar-refractivity contribution in [2.24, 2.45) is 5.92 Å². The minimum atomic E-state index is -3.48. The summed E-state index contributed by atoms with van der Waals surface area (Å²) in [7, 11) is -0.424. The van der Waals surface area contributed by atoms with E-state index in [0.29, 0.717) is 17.1 Å². The zero-order valence-corrected chi connectivity index (χ0v) is 13.0. The minimum Gasteiger partial charge on any atom is -0.391 e. The number of piperidine rings is 1. The molecule has 1 N–H and O–H groups in total. The maximum absolute atomic E-state index is 12.4. The van der Waals surface area contributed by atoms with E-state index in [2.05, 4.69) is 0 Å². The van der Waals surface area contributed by atoms with Crippen LogP contribution < -0.4 is 4.90 Å². The molecule has 0 amide bonds. The molecule has 0 radical (unpaired) electrons. The van der Waals surface area contributed by atoms with E-state index < -0.39 is 16.1 Å². The lowest BCUT2D eigenvalue weighted by molar-refractivity contribution is 0.102. The second kappa shape index (κ2) is 5.71. The van der Waals surface area contributed by atoms with Crippen LogP contribution in [0.5, 0.6) is 0 Å². The van der Waals surface area contributed by atoms with Crippen LogP contribution in [0.1, 0.15) is 13.3 Å². The van der Waals surface area contributed by atoms with Crippen molar-refractivity contribution in [3.63, 3.8) is 0 Å². The number of aliphatic hydroxyl groups excluding tert-OH is 1. The van der Waals surface area contributed by atoms with Gasteiger partial charge in [0, 0.05) is 27.2 Å². The molecule has 112 valence electrons. The van der Waals surface area contributed by atoms with Gasteiger partial charge < -0.3 is 10.0 Å². The van der Waals surface area contributed by atoms with Crippen molar-refractivity contribution < 1.29 is 13.5 Å². The number of benzene rings is 1. The van der Waals surface area contributed by atoms with Gasteiger partial charge in [0.05, 0.1) is 11.8 Å². The Labute approximate surface area is 120 Å². The minimum absolute atomic E-state index is 0.254. The quantitative estimate of drug-likeness (QED) is 0.909. The van der Waals surface area contributed by atoms with Crippen molar-refractivity contribution in [2.75, 3.05) is 32.1 Å². The molecule has 1 heterocycles. The number of nitrogens with zero attached hydrogens (tertiary/aromatic N) is 2. The molecule has 1 aliphatic heterocycles. The van der Waals surface area contributed by atoms with Crippen LogP contribution in [0, 0.1) is 5.92 Å². The maximum Gasteiger partial charge on any atom is 0.244 e. The molecule has 1 aliphatic rings. The summed E-state index contributed by atoms with van der Waals surface area (Å²) in [5, 5.41) is 10.0. The zero-order valence-electron chi connectivity index (χ0n) is 12.2. The standard InChI is InChI=1S/C14H22N2O3S/c1-11-8-9-16(10-13(11)17)12-6-4-5-7-14(12)20(18,19)15(2)3/h4-7,11,13,17H,8-10H2,1-3H3. The van der Waals surface area contributed by atoms with E-state index in [9.17, 15) is 13.5 Å². The monoisotopic (exact) mass is 298 g/mol. The van der Waals surface area contributed by atoms with Gasteiger partial charge in [-0.25, -0.2) is 12.7 Å². The number of hydrogen-bond acceptors (Lipinski definition) is 4. The van der Waals surface area contributed by atoms with Crippen molar-refractivity contribution in [1.29, 1.82) is 0 Å². The number of rotatable bonds is 3. The summed E-state index contributed by atoms with van der Waals surface area (Å²) >= 11 is 0. The van der Waals surface area contributed by atoms with E-state index in [4.69, 9.17) is 0 Å². The second-order valence-electron chi connectivity index (χ2n) is 5.53. The molecule has 6 heteroatoms. The van der Waals surface area contributed by atoms with Gasteiger partial charge in [-0.2, -0.15) is 0 Å². The summed E-state index contributed by atoms with van der Waals surface area (Å²) in [5.41, 5.74) is 0.673. The highest BCUT2D eigenvalue weighted by molar-refractivity contribution is 7.89. The summed E-state index contributed by atoms with van der Waals surface area (Å²) in [4.78, 5) is 2.26. The third-order valence-electron chi connectivity index (χ3n) is 3.88. The fraction of sp³-hybridized carbons (Fsp3) is 0.571. The van der Waals surface area contributed by atoms with Crippen molar-refractivity contribution in [3.8, 4) is 0 Å². The summed E-state index contributed by atoms with van der Waals surface area (Å²) < 4.78 is 26.0. The highest BCUT2D eigenvalue weighted by atomic mass is 32.2. The van der Waals surface area contributed by atoms with Crippen molar-refractivity contribution in [3.05, 3.63) is 24.3 Å². The molecule has 0 saturated carbocycles. The largest absolute Gasteiger partial charge is 0.391 e. The molecule has 1 fully saturated rings. The predicted octanol–water partition coefficient (Wildman–Crippen LogP) is 1.14. The Balaban J connectivity index is 2.39. The zero-order chi connectivity index (χ0) is 14.9. The number of anilines is 1. The summed E-state index contributed by atoms with van der Waals surface area (Å²) in [6, 6.07) is 6.98. The van der Waals surface area contributed by atoms with E-state index >= 15 is 0 Å². The first-order chi connectivity index (χ1) is 9.34. The second-order valence-corrected chi connectivity index (χ2v) is 7.65. The van der Waals surface area contributed by atoms with Gasteiger partial charge in [-0.3, -0.25) is 0 Å². The first kappa shape index (κ1) is 15.3. The smallest absolute Gasteiger partial charge is 0.244 e. The summed E-state index contributed by atoms with van der Waals surface area (Å²) in [6.45, 7) is 3.25. The van der Waals surface area contributed by atoms with Gasteiger partial charge in [-0.1, -0.05) is 19.1 Å². The van der Waals surface area contributed by atoms with Crippen LogP contribution in [0.15, 0.2) is 29.2 Å². The maximum atomic E-state index is 12.4. The number of β-amino-alcohol motifs (C(OH)–C–C–N with tert-alkyl or cyclic N) is 1. The fourth-order valence-electron chi connectivity index (χ4n) is 2.40. The summed E-state index contributed by atoms with van der Waals surface area (Å²) in [5.74, 6) is 0.254. The van der Waals surface area contributed by atoms with Gasteiger partial charge in [0.1, 0.15) is 4.90 Å². The molecule has 1 saturated heterocycles. The van der Waals surface area contributed by atoms with Crippen LogP contribution in [0.25, 0.3) is 0 Å². The van der Waals surface area contributed by atoms with Gasteiger partial charge in [0.2, 0.25) is 10.0 Å². The fourth-order valence-corrected chi connectivity index (χ4v) is 3.51. The van der Waals surface area contributed by atoms with Crippen LogP contribution in [0.2, 0.25) is 0 Å². The van der Waals surface area contributed by atoms with Crippen molar-refractivity contribution >= 4 is 15.7 Å². The molecule has 20 heavy (non-hydrogen) atoms. The van der Waals surface area contributed by atoms with Gasteiger partial charge in [0.25, 0.3) is 0 Å². The van der Waals surface area contributed by atoms with Crippen LogP contribution >= 0.6 is 0 Å². The Kier molecular flexibility index (Phi) is 4.36. The number of sulfonamides is 1. The summed E-state index contributed by atoms with van der Waals surface area (Å²) in [6.07, 6.45) is 0.441. The van der Waals surface area contributed by atoms with Crippen LogP contribution in [0.4, 0.5) is 5.69 Å². The molecule has 2 unspecified atom stereocenters. The third-order valence-corrected chi connectivity index (χ3v) is 5.75. The lowest BCUT2D eigenvalue weighted by atomic mass is 9.96. The Morgan fingerprint density at radius 3 is 2.55 bits per heavy atom. The molecule has 0 bridgehead atoms. The molecule has 5 nitrogen and oxygen atoms in total. The Morgan fingerprint density at radius 1 is 1.30 bits per heavy atom. The predicted molar refractivity (Wildman–Crippen MR) is 79.3 cm³/mol. The van der Waals surface area contributed by atoms with E-state index in [1.807, 2.05) is 17.9 Å². The third kappa shape index (κ3) is 2.82. The molecular formula is C14H22N2O3S. The van der Waals surface area contributed by atoms with Crippen LogP contribution in [-0.2, 0) is 10.0 Å². The number of aliphatic hydroxyl groups is 1. The molecule has 0 aliphatic carbocycles.